The Morgan fingerprint density at radius 1 is 1.03 bits per heavy atom. The van der Waals surface area contributed by atoms with Gasteiger partial charge in [0, 0.05) is 6.07 Å². The predicted octanol–water partition coefficient (Wildman–Crippen LogP) is 5.52. The molecule has 0 bridgehead atoms. The van der Waals surface area contributed by atoms with E-state index in [1.54, 1.807) is 47.1 Å². The number of nitrogens with zero attached hydrogens (tertiary/aromatic N) is 2. The molecule has 1 aromatic carbocycles. The molecule has 0 atom stereocenters. The zero-order valence-corrected chi connectivity index (χ0v) is 22.5. The van der Waals surface area contributed by atoms with Crippen molar-refractivity contribution < 1.29 is 28.2 Å². The van der Waals surface area contributed by atoms with Crippen molar-refractivity contribution in [2.24, 2.45) is 0 Å². The van der Waals surface area contributed by atoms with Crippen molar-refractivity contribution in [2.45, 2.75) is 65.9 Å². The summed E-state index contributed by atoms with van der Waals surface area (Å²) in [6.07, 6.45) is -0.379. The van der Waals surface area contributed by atoms with Crippen LogP contribution in [-0.2, 0) is 22.6 Å². The van der Waals surface area contributed by atoms with Gasteiger partial charge in [-0.25, -0.2) is 25.0 Å². The van der Waals surface area contributed by atoms with E-state index in [4.69, 9.17) is 18.6 Å². The third kappa shape index (κ3) is 8.35. The maximum absolute atomic E-state index is 12.9. The lowest BCUT2D eigenvalue weighted by Gasteiger charge is -2.28. The first-order valence-electron chi connectivity index (χ1n) is 11.5. The molecule has 3 aromatic rings. The van der Waals surface area contributed by atoms with Crippen molar-refractivity contribution >= 4 is 23.5 Å². The second-order valence-corrected chi connectivity index (χ2v) is 11.0. The normalized spacial score (nSPS) is 11.5. The van der Waals surface area contributed by atoms with Gasteiger partial charge in [0.25, 0.3) is 0 Å². The van der Waals surface area contributed by atoms with Gasteiger partial charge in [-0.1, -0.05) is 30.3 Å². The molecule has 2 aromatic heterocycles. The Bertz CT molecular complexity index is 1270. The second kappa shape index (κ2) is 11.5. The summed E-state index contributed by atoms with van der Waals surface area (Å²) in [5, 5.41) is 0.988. The summed E-state index contributed by atoms with van der Waals surface area (Å²) < 4.78 is 22.2. The molecule has 0 fully saturated rings. The van der Waals surface area contributed by atoms with Gasteiger partial charge in [-0.05, 0) is 47.1 Å². The average molecular weight is 530 g/mol. The molecule has 11 heteroatoms. The SMILES string of the molecule is CC(C)(C)OC(=O)NN(Cc1scnc1-c1occc(=O)c1OCc1ccccc1)C(=O)OC(C)(C)C. The van der Waals surface area contributed by atoms with Crippen LogP contribution >= 0.6 is 11.3 Å². The van der Waals surface area contributed by atoms with E-state index < -0.39 is 23.4 Å². The fourth-order valence-corrected chi connectivity index (χ4v) is 3.77. The number of aromatic nitrogens is 1. The van der Waals surface area contributed by atoms with Crippen LogP contribution in [0.3, 0.4) is 0 Å². The third-order valence-electron chi connectivity index (χ3n) is 4.46. The lowest BCUT2D eigenvalue weighted by molar-refractivity contribution is -0.000416. The Morgan fingerprint density at radius 2 is 1.70 bits per heavy atom. The summed E-state index contributed by atoms with van der Waals surface area (Å²) in [6, 6.07) is 10.6. The number of nitrogens with one attached hydrogen (secondary N) is 1. The highest BCUT2D eigenvalue weighted by Crippen LogP contribution is 2.32. The van der Waals surface area contributed by atoms with Gasteiger partial charge in [0.05, 0.1) is 23.2 Å². The van der Waals surface area contributed by atoms with Gasteiger partial charge in [-0.2, -0.15) is 0 Å². The monoisotopic (exact) mass is 529 g/mol. The Labute approximate surface area is 219 Å². The molecule has 0 saturated carbocycles. The first kappa shape index (κ1) is 27.7. The molecule has 0 aliphatic heterocycles. The number of carbonyl (C=O) groups excluding carboxylic acids is 2. The van der Waals surface area contributed by atoms with Crippen LogP contribution < -0.4 is 15.6 Å². The molecular formula is C26H31N3O7S. The van der Waals surface area contributed by atoms with Gasteiger partial charge in [0.15, 0.2) is 5.76 Å². The van der Waals surface area contributed by atoms with Crippen molar-refractivity contribution in [2.75, 3.05) is 0 Å². The van der Waals surface area contributed by atoms with Crippen molar-refractivity contribution in [3.63, 3.8) is 0 Å². The van der Waals surface area contributed by atoms with E-state index in [0.717, 1.165) is 10.6 Å². The highest BCUT2D eigenvalue weighted by Gasteiger charge is 2.29. The third-order valence-corrected chi connectivity index (χ3v) is 5.28. The highest BCUT2D eigenvalue weighted by atomic mass is 32.1. The van der Waals surface area contributed by atoms with Crippen LogP contribution in [0.1, 0.15) is 52.0 Å². The summed E-state index contributed by atoms with van der Waals surface area (Å²) in [6.45, 7) is 10.3. The Morgan fingerprint density at radius 3 is 2.35 bits per heavy atom. The molecule has 0 aliphatic carbocycles. The molecule has 0 radical (unpaired) electrons. The van der Waals surface area contributed by atoms with Crippen molar-refractivity contribution in [1.29, 1.82) is 0 Å². The van der Waals surface area contributed by atoms with Crippen molar-refractivity contribution in [3.8, 4) is 17.2 Å². The number of thiazole rings is 1. The standard InChI is InChI=1S/C26H31N3O7S/c1-25(2,3)35-23(31)28-29(24(32)36-26(4,5)6)14-19-20(27-16-37-19)22-21(18(30)12-13-33-22)34-15-17-10-8-7-9-11-17/h7-13,16H,14-15H2,1-6H3,(H,28,31). The zero-order chi connectivity index (χ0) is 27.2. The average Bonchev–Trinajstić information content (AvgIpc) is 3.24. The largest absolute Gasteiger partial charge is 0.481 e. The van der Waals surface area contributed by atoms with Gasteiger partial charge in [0.1, 0.15) is 23.5 Å². The Kier molecular flexibility index (Phi) is 8.59. The molecule has 0 aliphatic rings. The number of carbonyl (C=O) groups is 2. The van der Waals surface area contributed by atoms with Crippen LogP contribution in [0.5, 0.6) is 5.75 Å². The minimum absolute atomic E-state index is 0.0116. The first-order valence-corrected chi connectivity index (χ1v) is 12.4. The maximum atomic E-state index is 12.9. The topological polar surface area (TPSA) is 120 Å². The number of benzene rings is 1. The van der Waals surface area contributed by atoms with E-state index in [-0.39, 0.29) is 30.1 Å². The summed E-state index contributed by atoms with van der Waals surface area (Å²) in [5.74, 6) is 0.100. The quantitative estimate of drug-likeness (QED) is 0.415. The molecule has 10 nitrogen and oxygen atoms in total. The Balaban J connectivity index is 1.90. The molecule has 2 amide bonds. The van der Waals surface area contributed by atoms with Gasteiger partial charge in [0.2, 0.25) is 11.2 Å². The molecule has 198 valence electrons. The summed E-state index contributed by atoms with van der Waals surface area (Å²) in [5.41, 5.74) is 3.17. The van der Waals surface area contributed by atoms with Crippen LogP contribution in [0.2, 0.25) is 0 Å². The number of hydrogen-bond acceptors (Lipinski definition) is 9. The maximum Gasteiger partial charge on any atom is 0.429 e. The summed E-state index contributed by atoms with van der Waals surface area (Å²) >= 11 is 1.21. The molecule has 3 rings (SSSR count). The fourth-order valence-electron chi connectivity index (χ4n) is 3.02. The van der Waals surface area contributed by atoms with Crippen molar-refractivity contribution in [3.05, 3.63) is 68.8 Å². The van der Waals surface area contributed by atoms with Crippen LogP contribution in [0.4, 0.5) is 9.59 Å². The van der Waals surface area contributed by atoms with E-state index >= 15 is 0 Å². The number of rotatable bonds is 6. The van der Waals surface area contributed by atoms with E-state index in [0.29, 0.717) is 10.6 Å². The minimum atomic E-state index is -0.831. The van der Waals surface area contributed by atoms with Gasteiger partial charge >= 0.3 is 12.2 Å². The molecule has 0 spiro atoms. The van der Waals surface area contributed by atoms with E-state index in [1.807, 2.05) is 30.3 Å². The predicted molar refractivity (Wildman–Crippen MR) is 138 cm³/mol. The van der Waals surface area contributed by atoms with Crippen molar-refractivity contribution in [1.82, 2.24) is 15.4 Å². The van der Waals surface area contributed by atoms with Crippen LogP contribution in [-0.4, -0.2) is 33.4 Å². The van der Waals surface area contributed by atoms with E-state index in [1.165, 1.54) is 23.7 Å². The number of hydrazine groups is 1. The minimum Gasteiger partial charge on any atom is -0.481 e. The molecular weight excluding hydrogens is 498 g/mol. The number of amides is 2. The number of hydrogen-bond donors (Lipinski definition) is 1. The van der Waals surface area contributed by atoms with Crippen LogP contribution in [0, 0.1) is 0 Å². The highest BCUT2D eigenvalue weighted by molar-refractivity contribution is 7.10. The van der Waals surface area contributed by atoms with Crippen LogP contribution in [0.25, 0.3) is 11.5 Å². The molecule has 0 saturated heterocycles. The van der Waals surface area contributed by atoms with Crippen LogP contribution in [0.15, 0.2) is 57.4 Å². The first-order chi connectivity index (χ1) is 17.3. The van der Waals surface area contributed by atoms with E-state index in [2.05, 4.69) is 10.4 Å². The van der Waals surface area contributed by atoms with Gasteiger partial charge in [-0.15, -0.1) is 11.3 Å². The molecule has 0 unspecified atom stereocenters. The van der Waals surface area contributed by atoms with Gasteiger partial charge in [-0.3, -0.25) is 4.79 Å². The smallest absolute Gasteiger partial charge is 0.429 e. The molecule has 2 heterocycles. The summed E-state index contributed by atoms with van der Waals surface area (Å²) in [4.78, 5) is 42.9. The van der Waals surface area contributed by atoms with E-state index in [9.17, 15) is 14.4 Å². The lowest BCUT2D eigenvalue weighted by Crippen LogP contribution is -2.49. The number of ether oxygens (including phenoxy) is 3. The van der Waals surface area contributed by atoms with Gasteiger partial charge < -0.3 is 18.6 Å². The molecule has 37 heavy (non-hydrogen) atoms. The zero-order valence-electron chi connectivity index (χ0n) is 21.7. The Hall–Kier alpha value is -3.86. The fraction of sp³-hybridized carbons (Fsp3) is 0.385. The lowest BCUT2D eigenvalue weighted by atomic mass is 10.2. The molecule has 1 N–H and O–H groups in total. The second-order valence-electron chi connectivity index (χ2n) is 10.0. The summed E-state index contributed by atoms with van der Waals surface area (Å²) in [7, 11) is 0.